The van der Waals surface area contributed by atoms with Crippen LogP contribution in [-0.4, -0.2) is 42.3 Å². The van der Waals surface area contributed by atoms with Crippen molar-refractivity contribution in [3.8, 4) is 0 Å². The van der Waals surface area contributed by atoms with Crippen LogP contribution in [0.3, 0.4) is 0 Å². The van der Waals surface area contributed by atoms with Gasteiger partial charge in [-0.25, -0.2) is 0 Å². The zero-order valence-electron chi connectivity index (χ0n) is 12.8. The van der Waals surface area contributed by atoms with Gasteiger partial charge in [-0.1, -0.05) is 18.2 Å². The Hall–Kier alpha value is -2.50. The van der Waals surface area contributed by atoms with Crippen LogP contribution in [0, 0.1) is 0 Å². The van der Waals surface area contributed by atoms with Crippen LogP contribution < -0.4 is 15.5 Å². The van der Waals surface area contributed by atoms with Crippen molar-refractivity contribution in [2.24, 2.45) is 4.99 Å². The fourth-order valence-electron chi connectivity index (χ4n) is 2.70. The molecule has 6 heteroatoms. The van der Waals surface area contributed by atoms with Gasteiger partial charge >= 0.3 is 0 Å². The molecule has 3 rings (SSSR count). The Balaban J connectivity index is 1.50. The molecule has 1 aliphatic heterocycles. The van der Waals surface area contributed by atoms with E-state index in [1.54, 1.807) is 13.2 Å². The highest BCUT2D eigenvalue weighted by molar-refractivity contribution is 5.80. The number of H-pyrrole nitrogens is 1. The van der Waals surface area contributed by atoms with Gasteiger partial charge in [-0.2, -0.15) is 5.10 Å². The van der Waals surface area contributed by atoms with E-state index < -0.39 is 0 Å². The van der Waals surface area contributed by atoms with Gasteiger partial charge in [-0.05, 0) is 24.6 Å². The number of anilines is 1. The second kappa shape index (κ2) is 6.98. The number of nitrogens with zero attached hydrogens (tertiary/aromatic N) is 3. The first-order chi connectivity index (χ1) is 10.8. The van der Waals surface area contributed by atoms with E-state index in [2.05, 4.69) is 61.1 Å². The number of benzene rings is 1. The van der Waals surface area contributed by atoms with E-state index in [-0.39, 0.29) is 0 Å². The zero-order valence-corrected chi connectivity index (χ0v) is 12.8. The molecule has 0 saturated carbocycles. The molecule has 2 aromatic rings. The first-order valence-electron chi connectivity index (χ1n) is 7.60. The molecular weight excluding hydrogens is 276 g/mol. The number of rotatable bonds is 4. The summed E-state index contributed by atoms with van der Waals surface area (Å²) in [5.41, 5.74) is 2.33. The summed E-state index contributed by atoms with van der Waals surface area (Å²) in [6.07, 6.45) is 2.86. The molecule has 1 saturated heterocycles. The number of aromatic nitrogens is 2. The largest absolute Gasteiger partial charge is 0.369 e. The zero-order chi connectivity index (χ0) is 15.2. The monoisotopic (exact) mass is 298 g/mol. The number of hydrogen-bond donors (Lipinski definition) is 3. The maximum atomic E-state index is 4.29. The molecule has 116 valence electrons. The van der Waals surface area contributed by atoms with Crippen molar-refractivity contribution < 1.29 is 0 Å². The lowest BCUT2D eigenvalue weighted by Crippen LogP contribution is -2.44. The van der Waals surface area contributed by atoms with Gasteiger partial charge in [0.25, 0.3) is 0 Å². The second-order valence-corrected chi connectivity index (χ2v) is 5.42. The van der Waals surface area contributed by atoms with Gasteiger partial charge in [-0.3, -0.25) is 10.1 Å². The first-order valence-corrected chi connectivity index (χ1v) is 7.60. The van der Waals surface area contributed by atoms with E-state index in [1.807, 2.05) is 6.07 Å². The summed E-state index contributed by atoms with van der Waals surface area (Å²) in [4.78, 5) is 6.69. The molecule has 1 aliphatic rings. The quantitative estimate of drug-likeness (QED) is 0.589. The Labute approximate surface area is 130 Å². The number of aromatic amines is 1. The third kappa shape index (κ3) is 3.58. The molecule has 2 heterocycles. The topological polar surface area (TPSA) is 68.3 Å². The van der Waals surface area contributed by atoms with E-state index in [0.29, 0.717) is 12.6 Å². The molecule has 1 fully saturated rings. The van der Waals surface area contributed by atoms with Gasteiger partial charge in [0.1, 0.15) is 0 Å². The van der Waals surface area contributed by atoms with E-state index >= 15 is 0 Å². The minimum Gasteiger partial charge on any atom is -0.369 e. The van der Waals surface area contributed by atoms with E-state index in [1.165, 1.54) is 5.69 Å². The molecule has 22 heavy (non-hydrogen) atoms. The standard InChI is InChI=1S/C16H22N6/c1-17-16(18-11-13-7-9-19-21-13)20-14-8-10-22(12-14)15-5-3-2-4-6-15/h2-7,9,14H,8,10-12H2,1H3,(H,19,21)(H2,17,18,20). The fourth-order valence-corrected chi connectivity index (χ4v) is 2.70. The Morgan fingerprint density at radius 3 is 2.95 bits per heavy atom. The van der Waals surface area contributed by atoms with Crippen molar-refractivity contribution in [2.75, 3.05) is 25.0 Å². The van der Waals surface area contributed by atoms with Crippen LogP contribution in [-0.2, 0) is 6.54 Å². The van der Waals surface area contributed by atoms with Crippen LogP contribution in [0.15, 0.2) is 47.6 Å². The van der Waals surface area contributed by atoms with Crippen LogP contribution in [0.25, 0.3) is 0 Å². The Morgan fingerprint density at radius 1 is 1.36 bits per heavy atom. The van der Waals surface area contributed by atoms with Crippen LogP contribution in [0.2, 0.25) is 0 Å². The molecule has 1 atom stereocenters. The average Bonchev–Trinajstić information content (AvgIpc) is 3.24. The second-order valence-electron chi connectivity index (χ2n) is 5.42. The minimum absolute atomic E-state index is 0.410. The van der Waals surface area contributed by atoms with E-state index in [0.717, 1.165) is 31.2 Å². The molecule has 0 radical (unpaired) electrons. The molecule has 0 bridgehead atoms. The molecule has 1 aromatic carbocycles. The summed E-state index contributed by atoms with van der Waals surface area (Å²) in [6, 6.07) is 12.9. The molecule has 1 aromatic heterocycles. The Kier molecular flexibility index (Phi) is 4.58. The van der Waals surface area contributed by atoms with Gasteiger partial charge in [0.05, 0.1) is 12.2 Å². The van der Waals surface area contributed by atoms with E-state index in [4.69, 9.17) is 0 Å². The maximum absolute atomic E-state index is 4.29. The van der Waals surface area contributed by atoms with Crippen molar-refractivity contribution in [3.63, 3.8) is 0 Å². The summed E-state index contributed by atoms with van der Waals surface area (Å²) in [5, 5.41) is 13.7. The summed E-state index contributed by atoms with van der Waals surface area (Å²) < 4.78 is 0. The maximum Gasteiger partial charge on any atom is 0.191 e. The highest BCUT2D eigenvalue weighted by Crippen LogP contribution is 2.19. The van der Waals surface area contributed by atoms with Crippen LogP contribution in [0.5, 0.6) is 0 Å². The summed E-state index contributed by atoms with van der Waals surface area (Å²) >= 11 is 0. The lowest BCUT2D eigenvalue weighted by molar-refractivity contribution is 0.647. The van der Waals surface area contributed by atoms with Gasteiger partial charge in [0.2, 0.25) is 0 Å². The number of hydrogen-bond acceptors (Lipinski definition) is 3. The predicted octanol–water partition coefficient (Wildman–Crippen LogP) is 1.35. The normalized spacial score (nSPS) is 18.5. The van der Waals surface area contributed by atoms with Crippen LogP contribution >= 0.6 is 0 Å². The van der Waals surface area contributed by atoms with Crippen molar-refractivity contribution in [3.05, 3.63) is 48.3 Å². The number of nitrogens with one attached hydrogen (secondary N) is 3. The third-order valence-electron chi connectivity index (χ3n) is 3.88. The number of para-hydroxylation sites is 1. The summed E-state index contributed by atoms with van der Waals surface area (Å²) in [7, 11) is 1.80. The number of aliphatic imine (C=N–C) groups is 1. The smallest absolute Gasteiger partial charge is 0.191 e. The Bertz CT molecular complexity index is 592. The Morgan fingerprint density at radius 2 is 2.23 bits per heavy atom. The fraction of sp³-hybridized carbons (Fsp3) is 0.375. The molecule has 0 aliphatic carbocycles. The van der Waals surface area contributed by atoms with Crippen LogP contribution in [0.4, 0.5) is 5.69 Å². The van der Waals surface area contributed by atoms with Crippen molar-refractivity contribution >= 4 is 11.6 Å². The summed E-state index contributed by atoms with van der Waals surface area (Å²) in [6.45, 7) is 2.75. The average molecular weight is 298 g/mol. The highest BCUT2D eigenvalue weighted by atomic mass is 15.2. The van der Waals surface area contributed by atoms with Gasteiger partial charge in [-0.15, -0.1) is 0 Å². The SMILES string of the molecule is CN=C(NCc1ccn[nH]1)NC1CCN(c2ccccc2)C1. The first kappa shape index (κ1) is 14.4. The predicted molar refractivity (Wildman–Crippen MR) is 89.0 cm³/mol. The van der Waals surface area contributed by atoms with Gasteiger partial charge in [0, 0.05) is 38.1 Å². The highest BCUT2D eigenvalue weighted by Gasteiger charge is 2.23. The molecular formula is C16H22N6. The lowest BCUT2D eigenvalue weighted by atomic mass is 10.3. The van der Waals surface area contributed by atoms with Gasteiger partial charge in [0.15, 0.2) is 5.96 Å². The van der Waals surface area contributed by atoms with Crippen molar-refractivity contribution in [2.45, 2.75) is 19.0 Å². The molecule has 3 N–H and O–H groups in total. The van der Waals surface area contributed by atoms with E-state index in [9.17, 15) is 0 Å². The third-order valence-corrected chi connectivity index (χ3v) is 3.88. The molecule has 0 spiro atoms. The molecule has 6 nitrogen and oxygen atoms in total. The van der Waals surface area contributed by atoms with Gasteiger partial charge < -0.3 is 15.5 Å². The van der Waals surface area contributed by atoms with Crippen LogP contribution in [0.1, 0.15) is 12.1 Å². The van der Waals surface area contributed by atoms with Crippen molar-refractivity contribution in [1.82, 2.24) is 20.8 Å². The lowest BCUT2D eigenvalue weighted by Gasteiger charge is -2.20. The molecule has 1 unspecified atom stereocenters. The van der Waals surface area contributed by atoms with Crippen molar-refractivity contribution in [1.29, 1.82) is 0 Å². The minimum atomic E-state index is 0.410. The number of guanidine groups is 1. The molecule has 0 amide bonds. The summed E-state index contributed by atoms with van der Waals surface area (Å²) in [5.74, 6) is 0.828.